The topological polar surface area (TPSA) is 64.3 Å². The van der Waals surface area contributed by atoms with Crippen LogP contribution in [0.1, 0.15) is 15.9 Å². The van der Waals surface area contributed by atoms with Crippen molar-refractivity contribution in [3.8, 4) is 22.8 Å². The molecule has 4 rings (SSSR count). The lowest BCUT2D eigenvalue weighted by Gasteiger charge is -2.20. The van der Waals surface area contributed by atoms with Crippen LogP contribution in [0.25, 0.3) is 16.9 Å². The summed E-state index contributed by atoms with van der Waals surface area (Å²) in [4.78, 5) is 11.3. The second-order valence-corrected chi connectivity index (χ2v) is 5.18. The van der Waals surface area contributed by atoms with E-state index in [0.717, 1.165) is 5.56 Å². The van der Waals surface area contributed by atoms with Gasteiger partial charge in [-0.25, -0.2) is 13.9 Å². The number of aromatic carboxylic acids is 1. The first-order chi connectivity index (χ1) is 11.1. The molecule has 0 atom stereocenters. The van der Waals surface area contributed by atoms with Gasteiger partial charge in [-0.05, 0) is 36.4 Å². The molecule has 0 spiro atoms. The van der Waals surface area contributed by atoms with Crippen molar-refractivity contribution in [3.63, 3.8) is 0 Å². The molecule has 0 amide bonds. The smallest absolute Gasteiger partial charge is 0.336 e. The van der Waals surface area contributed by atoms with Crippen LogP contribution in [0, 0.1) is 5.82 Å². The van der Waals surface area contributed by atoms with Gasteiger partial charge in [0, 0.05) is 17.2 Å². The van der Waals surface area contributed by atoms with Gasteiger partial charge in [0.1, 0.15) is 12.4 Å². The van der Waals surface area contributed by atoms with Crippen LogP contribution in [0.2, 0.25) is 0 Å². The fraction of sp³-hybridized carbons (Fsp3) is 0.0588. The number of carbonyl (C=O) groups is 1. The molecule has 23 heavy (non-hydrogen) atoms. The maximum Gasteiger partial charge on any atom is 0.336 e. The summed E-state index contributed by atoms with van der Waals surface area (Å²) in [6.45, 7) is 0.173. The summed E-state index contributed by atoms with van der Waals surface area (Å²) in [6, 6.07) is 12.8. The van der Waals surface area contributed by atoms with Gasteiger partial charge in [0.05, 0.1) is 16.9 Å². The van der Waals surface area contributed by atoms with E-state index in [1.165, 1.54) is 12.1 Å². The minimum absolute atomic E-state index is 0.173. The predicted octanol–water partition coefficient (Wildman–Crippen LogP) is 3.27. The van der Waals surface area contributed by atoms with Crippen molar-refractivity contribution in [2.45, 2.75) is 6.61 Å². The van der Waals surface area contributed by atoms with Gasteiger partial charge < -0.3 is 9.84 Å². The Balaban J connectivity index is 1.85. The highest BCUT2D eigenvalue weighted by molar-refractivity contribution is 5.90. The van der Waals surface area contributed by atoms with Gasteiger partial charge in [0.15, 0.2) is 0 Å². The molecular weight excluding hydrogens is 299 g/mol. The Kier molecular flexibility index (Phi) is 2.90. The number of aromatic nitrogens is 2. The zero-order chi connectivity index (χ0) is 16.0. The van der Waals surface area contributed by atoms with Crippen molar-refractivity contribution in [3.05, 3.63) is 65.5 Å². The molecule has 2 heterocycles. The molecule has 0 radical (unpaired) electrons. The van der Waals surface area contributed by atoms with Crippen molar-refractivity contribution in [1.82, 2.24) is 9.78 Å². The minimum Gasteiger partial charge on any atom is -0.478 e. The van der Waals surface area contributed by atoms with E-state index in [4.69, 9.17) is 4.74 Å². The number of ether oxygens (including phenoxy) is 1. The van der Waals surface area contributed by atoms with Crippen LogP contribution in [0.3, 0.4) is 0 Å². The molecule has 0 aliphatic carbocycles. The van der Waals surface area contributed by atoms with Crippen LogP contribution < -0.4 is 4.74 Å². The molecule has 0 saturated carbocycles. The summed E-state index contributed by atoms with van der Waals surface area (Å²) < 4.78 is 20.2. The van der Waals surface area contributed by atoms with E-state index in [1.807, 2.05) is 0 Å². The van der Waals surface area contributed by atoms with Crippen LogP contribution in [-0.4, -0.2) is 20.9 Å². The number of hydrogen-bond acceptors (Lipinski definition) is 3. The third-order valence-corrected chi connectivity index (χ3v) is 3.79. The Labute approximate surface area is 130 Å². The van der Waals surface area contributed by atoms with Gasteiger partial charge in [0.25, 0.3) is 0 Å². The Bertz CT molecular complexity index is 916. The lowest BCUT2D eigenvalue weighted by atomic mass is 10.1. The first-order valence-electron chi connectivity index (χ1n) is 6.98. The van der Waals surface area contributed by atoms with Crippen molar-refractivity contribution in [1.29, 1.82) is 0 Å². The third-order valence-electron chi connectivity index (χ3n) is 3.79. The van der Waals surface area contributed by atoms with Crippen molar-refractivity contribution >= 4 is 5.97 Å². The fourth-order valence-corrected chi connectivity index (χ4v) is 2.67. The van der Waals surface area contributed by atoms with Crippen molar-refractivity contribution in [2.24, 2.45) is 0 Å². The standard InChI is InChI=1S/C17H11FN2O3/c18-11-6-4-10(5-7-11)14-8-16-20(19-14)15-3-1-2-12(17(21)22)13(15)9-23-16/h1-8H,9H2,(H,21,22). The molecule has 114 valence electrons. The van der Waals surface area contributed by atoms with E-state index in [9.17, 15) is 14.3 Å². The number of fused-ring (bicyclic) bond motifs is 3. The predicted molar refractivity (Wildman–Crippen MR) is 80.2 cm³/mol. The Morgan fingerprint density at radius 3 is 2.74 bits per heavy atom. The van der Waals surface area contributed by atoms with E-state index in [2.05, 4.69) is 5.10 Å². The average Bonchev–Trinajstić information content (AvgIpc) is 2.99. The summed E-state index contributed by atoms with van der Waals surface area (Å²) in [5, 5.41) is 13.7. The summed E-state index contributed by atoms with van der Waals surface area (Å²) in [6.07, 6.45) is 0. The molecule has 1 N–H and O–H groups in total. The molecular formula is C17H11FN2O3. The zero-order valence-corrected chi connectivity index (χ0v) is 11.9. The molecule has 1 aliphatic heterocycles. The molecule has 0 fully saturated rings. The molecule has 3 aromatic rings. The largest absolute Gasteiger partial charge is 0.478 e. The maximum absolute atomic E-state index is 13.0. The van der Waals surface area contributed by atoms with Crippen LogP contribution in [0.5, 0.6) is 5.88 Å². The number of carboxylic acids is 1. The Morgan fingerprint density at radius 1 is 1.22 bits per heavy atom. The van der Waals surface area contributed by atoms with Crippen LogP contribution in [-0.2, 0) is 6.61 Å². The van der Waals surface area contributed by atoms with Gasteiger partial charge in [-0.2, -0.15) is 5.10 Å². The lowest BCUT2D eigenvalue weighted by Crippen LogP contribution is -2.16. The van der Waals surface area contributed by atoms with Gasteiger partial charge in [-0.1, -0.05) is 6.07 Å². The summed E-state index contributed by atoms with van der Waals surface area (Å²) in [7, 11) is 0. The number of halogens is 1. The van der Waals surface area contributed by atoms with E-state index in [-0.39, 0.29) is 18.0 Å². The van der Waals surface area contributed by atoms with E-state index < -0.39 is 5.97 Å². The third kappa shape index (κ3) is 2.15. The number of rotatable bonds is 2. The first kappa shape index (κ1) is 13.5. The minimum atomic E-state index is -1.00. The molecule has 1 aliphatic rings. The monoisotopic (exact) mass is 310 g/mol. The van der Waals surface area contributed by atoms with Crippen LogP contribution >= 0.6 is 0 Å². The molecule has 0 saturated heterocycles. The molecule has 0 unspecified atom stereocenters. The highest BCUT2D eigenvalue weighted by atomic mass is 19.1. The van der Waals surface area contributed by atoms with Gasteiger partial charge in [-0.15, -0.1) is 0 Å². The highest BCUT2D eigenvalue weighted by Crippen LogP contribution is 2.33. The van der Waals surface area contributed by atoms with Crippen molar-refractivity contribution in [2.75, 3.05) is 0 Å². The molecule has 1 aromatic heterocycles. The van der Waals surface area contributed by atoms with Gasteiger partial charge in [-0.3, -0.25) is 0 Å². The number of benzene rings is 2. The Morgan fingerprint density at radius 2 is 2.00 bits per heavy atom. The number of carboxylic acid groups (broad SMARTS) is 1. The Hall–Kier alpha value is -3.15. The van der Waals surface area contributed by atoms with E-state index in [0.29, 0.717) is 22.8 Å². The van der Waals surface area contributed by atoms with Crippen LogP contribution in [0.15, 0.2) is 48.5 Å². The summed E-state index contributed by atoms with van der Waals surface area (Å²) >= 11 is 0. The average molecular weight is 310 g/mol. The molecule has 5 nitrogen and oxygen atoms in total. The fourth-order valence-electron chi connectivity index (χ4n) is 2.67. The second-order valence-electron chi connectivity index (χ2n) is 5.18. The molecule has 2 aromatic carbocycles. The molecule has 6 heteroatoms. The van der Waals surface area contributed by atoms with E-state index >= 15 is 0 Å². The SMILES string of the molecule is O=C(O)c1cccc2c1COc1cc(-c3ccc(F)cc3)nn1-2. The summed E-state index contributed by atoms with van der Waals surface area (Å²) in [5.41, 5.74) is 2.86. The second kappa shape index (κ2) is 4.95. The van der Waals surface area contributed by atoms with Gasteiger partial charge in [0.2, 0.25) is 5.88 Å². The number of hydrogen-bond donors (Lipinski definition) is 1. The lowest BCUT2D eigenvalue weighted by molar-refractivity contribution is 0.0693. The zero-order valence-electron chi connectivity index (χ0n) is 11.9. The van der Waals surface area contributed by atoms with Gasteiger partial charge >= 0.3 is 5.97 Å². The van der Waals surface area contributed by atoms with Crippen molar-refractivity contribution < 1.29 is 19.0 Å². The maximum atomic E-state index is 13.0. The normalized spacial score (nSPS) is 12.2. The first-order valence-corrected chi connectivity index (χ1v) is 6.98. The van der Waals surface area contributed by atoms with Crippen LogP contribution in [0.4, 0.5) is 4.39 Å². The highest BCUT2D eigenvalue weighted by Gasteiger charge is 2.24. The van der Waals surface area contributed by atoms with E-state index in [1.54, 1.807) is 41.1 Å². The summed E-state index contributed by atoms with van der Waals surface area (Å²) in [5.74, 6) is -0.787. The number of nitrogens with zero attached hydrogens (tertiary/aromatic N) is 2. The quantitative estimate of drug-likeness (QED) is 0.789. The molecule has 0 bridgehead atoms.